The summed E-state index contributed by atoms with van der Waals surface area (Å²) in [7, 11) is 0. The van der Waals surface area contributed by atoms with E-state index in [4.69, 9.17) is 44.3 Å². The molecule has 1 aromatic heterocycles. The van der Waals surface area contributed by atoms with E-state index in [1.54, 1.807) is 0 Å². The number of pyridine rings is 1. The Morgan fingerprint density at radius 2 is 1.45 bits per heavy atom. The number of nitrogens with zero attached hydrogens (tertiary/aromatic N) is 1. The number of rotatable bonds is 8. The van der Waals surface area contributed by atoms with Crippen molar-refractivity contribution in [2.45, 2.75) is 25.1 Å². The van der Waals surface area contributed by atoms with Crippen molar-refractivity contribution in [1.29, 1.82) is 0 Å². The van der Waals surface area contributed by atoms with Gasteiger partial charge in [-0.15, -0.1) is 0 Å². The fourth-order valence-electron chi connectivity index (χ4n) is 2.02. The van der Waals surface area contributed by atoms with Crippen molar-refractivity contribution in [3.63, 3.8) is 0 Å². The van der Waals surface area contributed by atoms with Gasteiger partial charge in [-0.05, 0) is 6.07 Å². The molecule has 0 radical (unpaired) electrons. The molecule has 0 N–H and O–H groups in total. The molecule has 0 aliphatic heterocycles. The van der Waals surface area contributed by atoms with E-state index in [1.165, 1.54) is 0 Å². The van der Waals surface area contributed by atoms with Crippen LogP contribution in [0.4, 0.5) is 30.7 Å². The lowest BCUT2D eigenvalue weighted by Crippen LogP contribution is -2.29. The highest BCUT2D eigenvalue weighted by Gasteiger charge is 2.42. The van der Waals surface area contributed by atoms with Gasteiger partial charge < -0.3 is 14.2 Å². The third-order valence-electron chi connectivity index (χ3n) is 3.38. The smallest absolute Gasteiger partial charge is 0.457 e. The maximum atomic E-state index is 12.9. The van der Waals surface area contributed by atoms with E-state index in [1.807, 2.05) is 0 Å². The van der Waals surface area contributed by atoms with Gasteiger partial charge in [-0.3, -0.25) is 0 Å². The Hall–Kier alpha value is -1.85. The molecule has 31 heavy (non-hydrogen) atoms. The van der Waals surface area contributed by atoms with Crippen molar-refractivity contribution in [3.8, 4) is 17.4 Å². The second-order valence-electron chi connectivity index (χ2n) is 5.75. The van der Waals surface area contributed by atoms with Crippen LogP contribution in [0.1, 0.15) is 12.0 Å². The Balaban J connectivity index is 1.87. The summed E-state index contributed by atoms with van der Waals surface area (Å²) >= 11 is 17.4. The van der Waals surface area contributed by atoms with Gasteiger partial charge in [0.2, 0.25) is 5.88 Å². The fraction of sp³-hybridized carbons (Fsp3) is 0.353. The largest absolute Gasteiger partial charge is 0.490 e. The SMILES string of the molecule is FC(Oc1cc(Cl)c(OCCCOc2ncc(C(F)(F)F)cc2Cl)c(Cl)c1)C(F)(F)F. The van der Waals surface area contributed by atoms with E-state index in [-0.39, 0.29) is 46.3 Å². The van der Waals surface area contributed by atoms with Crippen LogP contribution in [-0.4, -0.2) is 30.7 Å². The van der Waals surface area contributed by atoms with Gasteiger partial charge in [0.25, 0.3) is 0 Å². The van der Waals surface area contributed by atoms with Crippen molar-refractivity contribution in [1.82, 2.24) is 4.98 Å². The Kier molecular flexibility index (Phi) is 8.34. The van der Waals surface area contributed by atoms with E-state index in [0.717, 1.165) is 12.1 Å². The quantitative estimate of drug-likeness (QED) is 0.276. The summed E-state index contributed by atoms with van der Waals surface area (Å²) in [6.07, 6.45) is -12.6. The minimum absolute atomic E-state index is 0.0494. The molecular weight excluding hydrogens is 506 g/mol. The molecule has 1 atom stereocenters. The maximum Gasteiger partial charge on any atom is 0.457 e. The average Bonchev–Trinajstić information content (AvgIpc) is 2.62. The molecule has 2 rings (SSSR count). The molecule has 0 fully saturated rings. The Morgan fingerprint density at radius 1 is 0.871 bits per heavy atom. The van der Waals surface area contributed by atoms with Crippen molar-refractivity contribution < 1.29 is 44.9 Å². The molecule has 0 amide bonds. The van der Waals surface area contributed by atoms with Gasteiger partial charge in [0.1, 0.15) is 10.8 Å². The molecule has 1 aromatic carbocycles. The first kappa shape index (κ1) is 25.4. The minimum atomic E-state index is -5.22. The van der Waals surface area contributed by atoms with Gasteiger partial charge in [-0.2, -0.15) is 30.7 Å². The second-order valence-corrected chi connectivity index (χ2v) is 6.97. The van der Waals surface area contributed by atoms with Crippen LogP contribution in [-0.2, 0) is 6.18 Å². The maximum absolute atomic E-state index is 12.9. The Labute approximate surface area is 185 Å². The summed E-state index contributed by atoms with van der Waals surface area (Å²) in [5.41, 5.74) is -1.03. The zero-order chi connectivity index (χ0) is 23.4. The van der Waals surface area contributed by atoms with Gasteiger partial charge in [0.15, 0.2) is 5.75 Å². The topological polar surface area (TPSA) is 40.6 Å². The molecule has 0 saturated heterocycles. The monoisotopic (exact) mass is 515 g/mol. The summed E-state index contributed by atoms with van der Waals surface area (Å²) in [6.45, 7) is -0.101. The van der Waals surface area contributed by atoms with Crippen molar-refractivity contribution >= 4 is 34.8 Å². The summed E-state index contributed by atoms with van der Waals surface area (Å²) in [5.74, 6) is -0.861. The second kappa shape index (κ2) is 10.2. The molecule has 1 heterocycles. The van der Waals surface area contributed by atoms with Gasteiger partial charge in [-0.25, -0.2) is 4.98 Å². The van der Waals surface area contributed by atoms with Crippen LogP contribution in [0.2, 0.25) is 15.1 Å². The average molecular weight is 517 g/mol. The van der Waals surface area contributed by atoms with Crippen LogP contribution in [0.5, 0.6) is 17.4 Å². The number of hydrogen-bond donors (Lipinski definition) is 0. The Bertz CT molecular complexity index is 887. The molecule has 2 aromatic rings. The van der Waals surface area contributed by atoms with Crippen LogP contribution in [0, 0.1) is 0 Å². The molecule has 4 nitrogen and oxygen atoms in total. The normalized spacial score (nSPS) is 13.1. The highest BCUT2D eigenvalue weighted by molar-refractivity contribution is 6.37. The minimum Gasteiger partial charge on any atom is -0.490 e. The molecule has 1 unspecified atom stereocenters. The van der Waals surface area contributed by atoms with Crippen molar-refractivity contribution in [3.05, 3.63) is 45.0 Å². The third kappa shape index (κ3) is 7.36. The summed E-state index contributed by atoms with van der Waals surface area (Å²) in [5, 5.41) is -0.794. The predicted molar refractivity (Wildman–Crippen MR) is 97.9 cm³/mol. The van der Waals surface area contributed by atoms with Gasteiger partial charge in [0, 0.05) is 24.8 Å². The standard InChI is InChI=1S/C17H11Cl3F7NO3/c18-10-5-9(31-15(21)17(25,26)27)6-11(19)13(10)29-2-1-3-30-14-12(20)4-8(7-28-14)16(22,23)24/h4-7,15H,1-3H2. The van der Waals surface area contributed by atoms with Crippen molar-refractivity contribution in [2.75, 3.05) is 13.2 Å². The first-order chi connectivity index (χ1) is 14.3. The molecule has 0 aliphatic carbocycles. The van der Waals surface area contributed by atoms with E-state index < -0.39 is 30.0 Å². The first-order valence-corrected chi connectivity index (χ1v) is 9.27. The van der Waals surface area contributed by atoms with Crippen LogP contribution in [0.15, 0.2) is 24.4 Å². The van der Waals surface area contributed by atoms with Gasteiger partial charge >= 0.3 is 18.7 Å². The predicted octanol–water partition coefficient (Wildman–Crippen LogP) is 7.15. The van der Waals surface area contributed by atoms with E-state index in [2.05, 4.69) is 9.72 Å². The highest BCUT2D eigenvalue weighted by Crippen LogP contribution is 2.38. The lowest BCUT2D eigenvalue weighted by Gasteiger charge is -2.16. The molecule has 0 spiro atoms. The molecular formula is C17H11Cl3F7NO3. The first-order valence-electron chi connectivity index (χ1n) is 8.14. The van der Waals surface area contributed by atoms with Crippen LogP contribution in [0.25, 0.3) is 0 Å². The Morgan fingerprint density at radius 3 is 1.97 bits per heavy atom. The number of ether oxygens (including phenoxy) is 3. The molecule has 0 aliphatic rings. The molecule has 0 saturated carbocycles. The third-order valence-corrected chi connectivity index (χ3v) is 4.21. The zero-order valence-corrected chi connectivity index (χ0v) is 17.2. The van der Waals surface area contributed by atoms with E-state index in [9.17, 15) is 30.7 Å². The zero-order valence-electron chi connectivity index (χ0n) is 15.0. The lowest BCUT2D eigenvalue weighted by atomic mass is 10.3. The van der Waals surface area contributed by atoms with Crippen LogP contribution < -0.4 is 14.2 Å². The van der Waals surface area contributed by atoms with Gasteiger partial charge in [-0.1, -0.05) is 34.8 Å². The number of hydrogen-bond acceptors (Lipinski definition) is 4. The molecule has 14 heteroatoms. The van der Waals surface area contributed by atoms with Crippen LogP contribution in [0.3, 0.4) is 0 Å². The van der Waals surface area contributed by atoms with E-state index in [0.29, 0.717) is 12.3 Å². The summed E-state index contributed by atoms with van der Waals surface area (Å²) < 4.78 is 102. The molecule has 172 valence electrons. The number of halogens is 10. The summed E-state index contributed by atoms with van der Waals surface area (Å²) in [6, 6.07) is 2.46. The molecule has 0 bridgehead atoms. The van der Waals surface area contributed by atoms with E-state index >= 15 is 0 Å². The van der Waals surface area contributed by atoms with Crippen molar-refractivity contribution in [2.24, 2.45) is 0 Å². The summed E-state index contributed by atoms with van der Waals surface area (Å²) in [4.78, 5) is 3.50. The van der Waals surface area contributed by atoms with Gasteiger partial charge in [0.05, 0.1) is 28.8 Å². The number of alkyl halides is 7. The highest BCUT2D eigenvalue weighted by atomic mass is 35.5. The number of benzene rings is 1. The lowest BCUT2D eigenvalue weighted by molar-refractivity contribution is -0.236. The fourth-order valence-corrected chi connectivity index (χ4v) is 2.81. The number of aromatic nitrogens is 1. The van der Waals surface area contributed by atoms with Crippen LogP contribution >= 0.6 is 34.8 Å².